The Hall–Kier alpha value is -2.40. The van der Waals surface area contributed by atoms with Crippen molar-refractivity contribution in [3.8, 4) is 11.8 Å². The molecule has 0 spiro atoms. The Labute approximate surface area is 180 Å². The normalized spacial score (nSPS) is 17.5. The summed E-state index contributed by atoms with van der Waals surface area (Å²) in [7, 11) is 0. The lowest BCUT2D eigenvalue weighted by molar-refractivity contribution is -0.264. The average Bonchev–Trinajstić information content (AvgIpc) is 2.74. The number of hydrogen-bond acceptors (Lipinski definition) is 4. The Morgan fingerprint density at radius 3 is 2.42 bits per heavy atom. The number of ether oxygens (including phenoxy) is 2. The molecule has 1 aromatic heterocycles. The Morgan fingerprint density at radius 1 is 1.10 bits per heavy atom. The molecule has 31 heavy (non-hydrogen) atoms. The molecule has 1 aromatic carbocycles. The second kappa shape index (κ2) is 9.39. The average molecular weight is 433 g/mol. The number of nitrogens with zero attached hydrogens (tertiary/aromatic N) is 1. The minimum atomic E-state index is -4.83. The van der Waals surface area contributed by atoms with Crippen molar-refractivity contribution in [3.63, 3.8) is 0 Å². The van der Waals surface area contributed by atoms with E-state index in [1.165, 1.54) is 12.4 Å². The van der Waals surface area contributed by atoms with Gasteiger partial charge in [0.15, 0.2) is 11.9 Å². The Balaban J connectivity index is 1.82. The van der Waals surface area contributed by atoms with Crippen molar-refractivity contribution in [1.29, 1.82) is 0 Å². The van der Waals surface area contributed by atoms with E-state index in [-0.39, 0.29) is 0 Å². The van der Waals surface area contributed by atoms with Crippen LogP contribution in [0, 0.1) is 11.8 Å². The number of benzene rings is 1. The topological polar surface area (TPSA) is 51.6 Å². The molecule has 1 unspecified atom stereocenters. The zero-order valence-corrected chi connectivity index (χ0v) is 17.6. The van der Waals surface area contributed by atoms with Crippen LogP contribution in [0.25, 0.3) is 0 Å². The van der Waals surface area contributed by atoms with Crippen LogP contribution in [-0.4, -0.2) is 35.1 Å². The number of aliphatic hydroxyl groups is 1. The van der Waals surface area contributed by atoms with Crippen molar-refractivity contribution in [2.75, 3.05) is 13.2 Å². The molecule has 1 N–H and O–H groups in total. The molecule has 1 aliphatic rings. The lowest BCUT2D eigenvalue weighted by Gasteiger charge is -2.37. The molecule has 166 valence electrons. The maximum atomic E-state index is 13.9. The van der Waals surface area contributed by atoms with Gasteiger partial charge in [-0.1, -0.05) is 50.0 Å². The molecule has 0 radical (unpaired) electrons. The number of rotatable bonds is 5. The highest BCUT2D eigenvalue weighted by atomic mass is 19.4. The van der Waals surface area contributed by atoms with Gasteiger partial charge in [0, 0.05) is 29.9 Å². The van der Waals surface area contributed by atoms with Crippen molar-refractivity contribution in [3.05, 3.63) is 65.5 Å². The van der Waals surface area contributed by atoms with E-state index in [0.717, 1.165) is 12.0 Å². The molecule has 4 nitrogen and oxygen atoms in total. The molecule has 1 saturated heterocycles. The lowest BCUT2D eigenvalue weighted by atomic mass is 9.73. The summed E-state index contributed by atoms with van der Waals surface area (Å²) >= 11 is 0. The van der Waals surface area contributed by atoms with Gasteiger partial charge in [-0.3, -0.25) is 4.98 Å². The number of hydrogen-bond donors (Lipinski definition) is 1. The van der Waals surface area contributed by atoms with E-state index < -0.39 is 36.3 Å². The number of halogens is 3. The van der Waals surface area contributed by atoms with Gasteiger partial charge in [0.25, 0.3) is 0 Å². The molecule has 3 rings (SSSR count). The van der Waals surface area contributed by atoms with Gasteiger partial charge in [0.05, 0.1) is 13.2 Å². The maximum absolute atomic E-state index is 13.9. The molecule has 0 bridgehead atoms. The summed E-state index contributed by atoms with van der Waals surface area (Å²) in [5, 5.41) is 10.7. The minimum Gasteiger partial charge on any atom is -0.380 e. The summed E-state index contributed by atoms with van der Waals surface area (Å²) in [6.45, 7) is 4.51. The van der Waals surface area contributed by atoms with Crippen LogP contribution in [0.5, 0.6) is 0 Å². The highest BCUT2D eigenvalue weighted by Gasteiger charge is 2.55. The van der Waals surface area contributed by atoms with Crippen LogP contribution in [0.1, 0.15) is 56.1 Å². The van der Waals surface area contributed by atoms with Crippen molar-refractivity contribution < 1.29 is 27.8 Å². The Kier molecular flexibility index (Phi) is 7.05. The van der Waals surface area contributed by atoms with Crippen molar-refractivity contribution in [2.24, 2.45) is 0 Å². The molecule has 0 saturated carbocycles. The van der Waals surface area contributed by atoms with E-state index in [4.69, 9.17) is 9.47 Å². The fraction of sp³-hybridized carbons (Fsp3) is 0.458. The van der Waals surface area contributed by atoms with E-state index in [0.29, 0.717) is 24.3 Å². The summed E-state index contributed by atoms with van der Waals surface area (Å²) in [5.74, 6) is 5.17. The van der Waals surface area contributed by atoms with Crippen molar-refractivity contribution in [2.45, 2.75) is 56.6 Å². The van der Waals surface area contributed by atoms with Gasteiger partial charge in [0.2, 0.25) is 0 Å². The van der Waals surface area contributed by atoms with Crippen molar-refractivity contribution >= 4 is 0 Å². The molecule has 1 atom stereocenters. The molecular weight excluding hydrogens is 407 g/mol. The van der Waals surface area contributed by atoms with E-state index in [1.807, 2.05) is 6.07 Å². The zero-order valence-electron chi connectivity index (χ0n) is 17.6. The predicted octanol–water partition coefficient (Wildman–Crippen LogP) is 4.92. The monoisotopic (exact) mass is 433 g/mol. The first kappa shape index (κ1) is 23.3. The van der Waals surface area contributed by atoms with Crippen LogP contribution in [0.15, 0.2) is 48.8 Å². The van der Waals surface area contributed by atoms with Crippen LogP contribution in [0.4, 0.5) is 13.2 Å². The van der Waals surface area contributed by atoms with Gasteiger partial charge in [-0.2, -0.15) is 13.2 Å². The number of pyridine rings is 1. The molecule has 1 fully saturated rings. The second-order valence-corrected chi connectivity index (χ2v) is 8.36. The minimum absolute atomic E-state index is 0.530. The first-order valence-corrected chi connectivity index (χ1v) is 10.1. The summed E-state index contributed by atoms with van der Waals surface area (Å²) < 4.78 is 52.9. The van der Waals surface area contributed by atoms with Gasteiger partial charge in [-0.25, -0.2) is 0 Å². The van der Waals surface area contributed by atoms with Crippen LogP contribution < -0.4 is 0 Å². The summed E-state index contributed by atoms with van der Waals surface area (Å²) in [5.41, 5.74) is -1.98. The van der Waals surface area contributed by atoms with Gasteiger partial charge >= 0.3 is 6.18 Å². The van der Waals surface area contributed by atoms with E-state index in [2.05, 4.69) is 16.8 Å². The predicted molar refractivity (Wildman–Crippen MR) is 110 cm³/mol. The zero-order chi connectivity index (χ0) is 22.5. The largest absolute Gasteiger partial charge is 0.418 e. The highest BCUT2D eigenvalue weighted by molar-refractivity contribution is 5.33. The molecule has 7 heteroatoms. The third-order valence-electron chi connectivity index (χ3n) is 5.32. The standard InChI is InChI=1S/C24H26F3NO3/c1-22(2,20-8-3-7-19(16-20)21-30-14-5-15-31-21)17-23(29,24(25,26)27)11-4-6-18-9-12-28-13-10-18/h3,7-10,12-13,16,21,29H,5,11,14-15,17H2,1-2H3. The van der Waals surface area contributed by atoms with Crippen LogP contribution in [0.3, 0.4) is 0 Å². The van der Waals surface area contributed by atoms with Gasteiger partial charge < -0.3 is 14.6 Å². The molecular formula is C24H26F3NO3. The molecule has 2 heterocycles. The van der Waals surface area contributed by atoms with Crippen LogP contribution in [-0.2, 0) is 14.9 Å². The molecule has 0 aliphatic carbocycles. The fourth-order valence-corrected chi connectivity index (χ4v) is 3.61. The maximum Gasteiger partial charge on any atom is 0.418 e. The first-order chi connectivity index (χ1) is 14.6. The number of aromatic nitrogens is 1. The first-order valence-electron chi connectivity index (χ1n) is 10.1. The quantitative estimate of drug-likeness (QED) is 0.680. The molecule has 0 amide bonds. The van der Waals surface area contributed by atoms with Crippen LogP contribution in [0.2, 0.25) is 0 Å². The lowest BCUT2D eigenvalue weighted by Crippen LogP contribution is -2.48. The second-order valence-electron chi connectivity index (χ2n) is 8.36. The summed E-state index contributed by atoms with van der Waals surface area (Å²) in [6.07, 6.45) is -2.80. The van der Waals surface area contributed by atoms with Gasteiger partial charge in [-0.05, 0) is 36.0 Å². The Morgan fingerprint density at radius 2 is 1.77 bits per heavy atom. The summed E-state index contributed by atoms with van der Waals surface area (Å²) in [4.78, 5) is 3.85. The smallest absolute Gasteiger partial charge is 0.380 e. The number of alkyl halides is 3. The summed E-state index contributed by atoms with van der Waals surface area (Å²) in [6, 6.07) is 10.3. The third kappa shape index (κ3) is 5.85. The molecule has 1 aliphatic heterocycles. The molecule has 2 aromatic rings. The van der Waals surface area contributed by atoms with E-state index in [1.54, 1.807) is 44.2 Å². The van der Waals surface area contributed by atoms with E-state index >= 15 is 0 Å². The van der Waals surface area contributed by atoms with Gasteiger partial charge in [0.1, 0.15) is 0 Å². The fourth-order valence-electron chi connectivity index (χ4n) is 3.61. The van der Waals surface area contributed by atoms with E-state index in [9.17, 15) is 18.3 Å². The SMILES string of the molecule is CC(C)(CC(O)(CC#Cc1ccncc1)C(F)(F)F)c1cccc(C2OCCCO2)c1. The highest BCUT2D eigenvalue weighted by Crippen LogP contribution is 2.43. The van der Waals surface area contributed by atoms with Crippen molar-refractivity contribution in [1.82, 2.24) is 4.98 Å². The van der Waals surface area contributed by atoms with Crippen LogP contribution >= 0.6 is 0 Å². The Bertz CT molecular complexity index is 928. The van der Waals surface area contributed by atoms with Gasteiger partial charge in [-0.15, -0.1) is 0 Å². The third-order valence-corrected chi connectivity index (χ3v) is 5.32.